The second kappa shape index (κ2) is 5.59. The van der Waals surface area contributed by atoms with E-state index in [1.807, 2.05) is 0 Å². The average molecular weight is 319 g/mol. The Balaban J connectivity index is 1.82. The molecule has 0 saturated heterocycles. The molecule has 0 aromatic carbocycles. The van der Waals surface area contributed by atoms with Crippen molar-refractivity contribution < 1.29 is 18.7 Å². The monoisotopic (exact) mass is 319 g/mol. The van der Waals surface area contributed by atoms with Crippen LogP contribution in [0.3, 0.4) is 0 Å². The number of rotatable bonds is 5. The third-order valence-electron chi connectivity index (χ3n) is 3.46. The average Bonchev–Trinajstić information content (AvgIpc) is 3.16. The first-order valence-corrected chi connectivity index (χ1v) is 6.86. The van der Waals surface area contributed by atoms with E-state index in [1.165, 1.54) is 23.2 Å². The van der Waals surface area contributed by atoms with Crippen LogP contribution in [0.5, 0.6) is 0 Å². The molecule has 9 nitrogen and oxygen atoms in total. The van der Waals surface area contributed by atoms with Gasteiger partial charge in [-0.2, -0.15) is 0 Å². The number of nitrogens with one attached hydrogen (secondary N) is 1. The predicted molar refractivity (Wildman–Crippen MR) is 77.3 cm³/mol. The molecule has 0 spiro atoms. The molecule has 0 radical (unpaired) electrons. The first-order chi connectivity index (χ1) is 11.0. The lowest BCUT2D eigenvalue weighted by molar-refractivity contribution is 0.0473. The van der Waals surface area contributed by atoms with Crippen LogP contribution in [0.1, 0.15) is 39.6 Å². The quantitative estimate of drug-likeness (QED) is 0.588. The summed E-state index contributed by atoms with van der Waals surface area (Å²) in [6.07, 6.45) is 3.95. The number of furan rings is 1. The van der Waals surface area contributed by atoms with Crippen molar-refractivity contribution in [3.63, 3.8) is 0 Å². The van der Waals surface area contributed by atoms with E-state index in [9.17, 15) is 19.2 Å². The smallest absolute Gasteiger partial charge is 0.341 e. The first-order valence-electron chi connectivity index (χ1n) is 6.86. The highest BCUT2D eigenvalue weighted by atomic mass is 16.5. The molecule has 1 saturated carbocycles. The standard InChI is InChI=1S/C14H13N3O6/c15-11-10(12(19)16-14(21)17(11)8-1-2-8)9(18)6-23-13(20)7-3-4-22-5-7/h3-5,8H,1-2,6,15H2,(H,16,19,21). The third kappa shape index (κ3) is 2.80. The zero-order chi connectivity index (χ0) is 16.6. The van der Waals surface area contributed by atoms with Crippen LogP contribution in [0.4, 0.5) is 5.82 Å². The van der Waals surface area contributed by atoms with Gasteiger partial charge in [0, 0.05) is 6.04 Å². The molecular formula is C14H13N3O6. The van der Waals surface area contributed by atoms with Gasteiger partial charge in [-0.25, -0.2) is 9.59 Å². The van der Waals surface area contributed by atoms with E-state index in [0.717, 1.165) is 12.8 Å². The number of aromatic nitrogens is 2. The Bertz CT molecular complexity index is 873. The van der Waals surface area contributed by atoms with Gasteiger partial charge < -0.3 is 14.9 Å². The van der Waals surface area contributed by atoms with E-state index < -0.39 is 29.6 Å². The van der Waals surface area contributed by atoms with Gasteiger partial charge in [-0.05, 0) is 18.9 Å². The van der Waals surface area contributed by atoms with Crippen LogP contribution in [-0.4, -0.2) is 27.9 Å². The predicted octanol–water partition coefficient (Wildman–Crippen LogP) is 0.0864. The number of ether oxygens (including phenoxy) is 1. The van der Waals surface area contributed by atoms with Crippen molar-refractivity contribution in [2.24, 2.45) is 0 Å². The number of Topliss-reactive ketones (excluding diaryl/α,β-unsaturated/α-hetero) is 1. The van der Waals surface area contributed by atoms with Crippen molar-refractivity contribution in [3.8, 4) is 0 Å². The molecule has 0 atom stereocenters. The Hall–Kier alpha value is -3.10. The molecule has 0 unspecified atom stereocenters. The molecule has 23 heavy (non-hydrogen) atoms. The minimum atomic E-state index is -0.895. The second-order valence-electron chi connectivity index (χ2n) is 5.13. The van der Waals surface area contributed by atoms with Gasteiger partial charge >= 0.3 is 11.7 Å². The summed E-state index contributed by atoms with van der Waals surface area (Å²) in [5.74, 6) is -1.75. The van der Waals surface area contributed by atoms with Gasteiger partial charge in [0.15, 0.2) is 6.61 Å². The number of hydrogen-bond donors (Lipinski definition) is 2. The zero-order valence-electron chi connectivity index (χ0n) is 11.9. The van der Waals surface area contributed by atoms with Crippen molar-refractivity contribution in [1.82, 2.24) is 9.55 Å². The number of anilines is 1. The SMILES string of the molecule is Nc1c(C(=O)COC(=O)c2ccoc2)c(=O)[nH]c(=O)n1C1CC1. The van der Waals surface area contributed by atoms with Crippen LogP contribution in [0, 0.1) is 0 Å². The largest absolute Gasteiger partial charge is 0.472 e. The number of H-pyrrole nitrogens is 1. The first kappa shape index (κ1) is 14.8. The molecule has 1 fully saturated rings. The Morgan fingerprint density at radius 2 is 2.13 bits per heavy atom. The number of esters is 1. The van der Waals surface area contributed by atoms with Crippen LogP contribution in [0.25, 0.3) is 0 Å². The van der Waals surface area contributed by atoms with E-state index in [0.29, 0.717) is 0 Å². The maximum Gasteiger partial charge on any atom is 0.341 e. The van der Waals surface area contributed by atoms with Gasteiger partial charge in [-0.15, -0.1) is 0 Å². The summed E-state index contributed by atoms with van der Waals surface area (Å²) in [4.78, 5) is 49.5. The molecule has 1 aliphatic carbocycles. The van der Waals surface area contributed by atoms with Crippen LogP contribution < -0.4 is 17.0 Å². The summed E-state index contributed by atoms with van der Waals surface area (Å²) >= 11 is 0. The van der Waals surface area contributed by atoms with Crippen LogP contribution in [0.2, 0.25) is 0 Å². The maximum absolute atomic E-state index is 12.2. The number of nitrogens with two attached hydrogens (primary N) is 1. The highest BCUT2D eigenvalue weighted by molar-refractivity contribution is 6.02. The molecule has 3 N–H and O–H groups in total. The molecule has 0 amide bonds. The van der Waals surface area contributed by atoms with Crippen molar-refractivity contribution >= 4 is 17.6 Å². The van der Waals surface area contributed by atoms with Crippen molar-refractivity contribution in [2.45, 2.75) is 18.9 Å². The highest BCUT2D eigenvalue weighted by Crippen LogP contribution is 2.35. The molecule has 0 aliphatic heterocycles. The Kier molecular flexibility index (Phi) is 3.61. The lowest BCUT2D eigenvalue weighted by atomic mass is 10.2. The summed E-state index contributed by atoms with van der Waals surface area (Å²) in [7, 11) is 0. The van der Waals surface area contributed by atoms with Gasteiger partial charge in [0.05, 0.1) is 11.8 Å². The second-order valence-corrected chi connectivity index (χ2v) is 5.13. The number of carbonyl (C=O) groups is 2. The van der Waals surface area contributed by atoms with Crippen molar-refractivity contribution in [1.29, 1.82) is 0 Å². The van der Waals surface area contributed by atoms with Crippen LogP contribution in [-0.2, 0) is 4.74 Å². The molecule has 3 rings (SSSR count). The fourth-order valence-electron chi connectivity index (χ4n) is 2.20. The minimum Gasteiger partial charge on any atom is -0.472 e. The molecule has 2 aromatic rings. The van der Waals surface area contributed by atoms with E-state index >= 15 is 0 Å². The van der Waals surface area contributed by atoms with Gasteiger partial charge in [0.1, 0.15) is 17.6 Å². The zero-order valence-corrected chi connectivity index (χ0v) is 11.9. The maximum atomic E-state index is 12.2. The highest BCUT2D eigenvalue weighted by Gasteiger charge is 2.30. The Morgan fingerprint density at radius 1 is 1.39 bits per heavy atom. The number of carbonyl (C=O) groups excluding carboxylic acids is 2. The molecule has 120 valence electrons. The molecule has 2 heterocycles. The van der Waals surface area contributed by atoms with E-state index in [-0.39, 0.29) is 23.0 Å². The summed E-state index contributed by atoms with van der Waals surface area (Å²) in [5.41, 5.74) is 4.01. The number of hydrogen-bond acceptors (Lipinski definition) is 7. The summed E-state index contributed by atoms with van der Waals surface area (Å²) in [6.45, 7) is -0.667. The number of aromatic amines is 1. The fraction of sp³-hybridized carbons (Fsp3) is 0.286. The summed E-state index contributed by atoms with van der Waals surface area (Å²) < 4.78 is 10.7. The van der Waals surface area contributed by atoms with Crippen LogP contribution >= 0.6 is 0 Å². The van der Waals surface area contributed by atoms with Gasteiger partial charge in [-0.1, -0.05) is 0 Å². The molecule has 2 aromatic heterocycles. The molecule has 0 bridgehead atoms. The van der Waals surface area contributed by atoms with Gasteiger partial charge in [-0.3, -0.25) is 19.1 Å². The van der Waals surface area contributed by atoms with Crippen molar-refractivity contribution in [3.05, 3.63) is 50.6 Å². The topological polar surface area (TPSA) is 137 Å². The lowest BCUT2D eigenvalue weighted by Crippen LogP contribution is -2.36. The summed E-state index contributed by atoms with van der Waals surface area (Å²) in [5, 5.41) is 0. The van der Waals surface area contributed by atoms with Crippen LogP contribution in [0.15, 0.2) is 32.6 Å². The number of ketones is 1. The fourth-order valence-corrected chi connectivity index (χ4v) is 2.20. The van der Waals surface area contributed by atoms with E-state index in [2.05, 4.69) is 4.98 Å². The third-order valence-corrected chi connectivity index (χ3v) is 3.46. The molecule has 9 heteroatoms. The molecular weight excluding hydrogens is 306 g/mol. The van der Waals surface area contributed by atoms with E-state index in [4.69, 9.17) is 14.9 Å². The lowest BCUT2D eigenvalue weighted by Gasteiger charge is -2.11. The van der Waals surface area contributed by atoms with Gasteiger partial charge in [0.25, 0.3) is 5.56 Å². The number of nitrogen functional groups attached to an aromatic ring is 1. The normalized spacial score (nSPS) is 13.7. The summed E-state index contributed by atoms with van der Waals surface area (Å²) in [6, 6.07) is 1.26. The van der Waals surface area contributed by atoms with Gasteiger partial charge in [0.2, 0.25) is 5.78 Å². The Morgan fingerprint density at radius 3 is 2.74 bits per heavy atom. The van der Waals surface area contributed by atoms with Crippen molar-refractivity contribution in [2.75, 3.05) is 12.3 Å². The Labute approximate surface area is 128 Å². The molecule has 1 aliphatic rings. The number of nitrogens with zero attached hydrogens (tertiary/aromatic N) is 1. The van der Waals surface area contributed by atoms with E-state index in [1.54, 1.807) is 0 Å². The minimum absolute atomic E-state index is 0.112.